The van der Waals surface area contributed by atoms with Gasteiger partial charge in [-0.15, -0.1) is 24.8 Å². The van der Waals surface area contributed by atoms with Crippen LogP contribution in [-0.4, -0.2) is 39.2 Å². The lowest BCUT2D eigenvalue weighted by atomic mass is 10.0. The van der Waals surface area contributed by atoms with Gasteiger partial charge in [-0.1, -0.05) is 0 Å². The molecule has 20 heavy (non-hydrogen) atoms. The highest BCUT2D eigenvalue weighted by molar-refractivity contribution is 5.85. The molecular formula is C14H23Cl2N3O. The van der Waals surface area contributed by atoms with E-state index in [2.05, 4.69) is 16.3 Å². The fourth-order valence-corrected chi connectivity index (χ4v) is 1.82. The Hall–Kier alpha value is -1.15. The van der Waals surface area contributed by atoms with Crippen LogP contribution in [0.5, 0.6) is 5.75 Å². The SMILES string of the molecule is CCOc1c(NC)ccc(C#N)c1CCN(C)C.Cl.Cl. The summed E-state index contributed by atoms with van der Waals surface area (Å²) in [6, 6.07) is 5.98. The zero-order chi connectivity index (χ0) is 13.5. The van der Waals surface area contributed by atoms with Crippen LogP contribution in [-0.2, 0) is 6.42 Å². The van der Waals surface area contributed by atoms with E-state index in [0.717, 1.165) is 30.0 Å². The third-order valence-corrected chi connectivity index (χ3v) is 2.75. The van der Waals surface area contributed by atoms with E-state index in [0.29, 0.717) is 12.2 Å². The van der Waals surface area contributed by atoms with Gasteiger partial charge in [0.2, 0.25) is 0 Å². The van der Waals surface area contributed by atoms with Gasteiger partial charge < -0.3 is 15.0 Å². The Labute approximate surface area is 133 Å². The van der Waals surface area contributed by atoms with Crippen LogP contribution in [0.4, 0.5) is 5.69 Å². The number of likely N-dealkylation sites (N-methyl/N-ethyl adjacent to an activating group) is 1. The van der Waals surface area contributed by atoms with Crippen molar-refractivity contribution in [1.82, 2.24) is 4.90 Å². The Balaban J connectivity index is 0. The van der Waals surface area contributed by atoms with Gasteiger partial charge >= 0.3 is 0 Å². The van der Waals surface area contributed by atoms with Gasteiger partial charge in [0, 0.05) is 19.2 Å². The Kier molecular flexibility index (Phi) is 11.2. The fraction of sp³-hybridized carbons (Fsp3) is 0.500. The number of nitrogens with zero attached hydrogens (tertiary/aromatic N) is 2. The van der Waals surface area contributed by atoms with Gasteiger partial charge in [-0.2, -0.15) is 5.26 Å². The maximum atomic E-state index is 9.20. The van der Waals surface area contributed by atoms with Crippen molar-refractivity contribution in [3.63, 3.8) is 0 Å². The topological polar surface area (TPSA) is 48.3 Å². The lowest BCUT2D eigenvalue weighted by molar-refractivity contribution is 0.335. The summed E-state index contributed by atoms with van der Waals surface area (Å²) in [7, 11) is 5.91. The minimum absolute atomic E-state index is 0. The number of halogens is 2. The summed E-state index contributed by atoms with van der Waals surface area (Å²) in [5.41, 5.74) is 2.61. The number of nitriles is 1. The first-order valence-corrected chi connectivity index (χ1v) is 6.15. The zero-order valence-corrected chi connectivity index (χ0v) is 14.0. The highest BCUT2D eigenvalue weighted by atomic mass is 35.5. The predicted molar refractivity (Wildman–Crippen MR) is 88.6 cm³/mol. The Bertz CT molecular complexity index is 445. The lowest BCUT2D eigenvalue weighted by Gasteiger charge is -2.17. The van der Waals surface area contributed by atoms with Crippen molar-refractivity contribution in [3.8, 4) is 11.8 Å². The largest absolute Gasteiger partial charge is 0.491 e. The molecule has 4 nitrogen and oxygen atoms in total. The van der Waals surface area contributed by atoms with Crippen LogP contribution in [0.25, 0.3) is 0 Å². The van der Waals surface area contributed by atoms with Crippen molar-refractivity contribution in [2.24, 2.45) is 0 Å². The molecule has 0 unspecified atom stereocenters. The smallest absolute Gasteiger partial charge is 0.146 e. The summed E-state index contributed by atoms with van der Waals surface area (Å²) in [6.45, 7) is 3.44. The molecule has 0 saturated heterocycles. The van der Waals surface area contributed by atoms with Crippen molar-refractivity contribution < 1.29 is 4.74 Å². The van der Waals surface area contributed by atoms with Gasteiger partial charge in [0.05, 0.1) is 23.9 Å². The molecule has 0 spiro atoms. The van der Waals surface area contributed by atoms with Crippen LogP contribution < -0.4 is 10.1 Å². The van der Waals surface area contributed by atoms with Gasteiger partial charge in [-0.3, -0.25) is 0 Å². The van der Waals surface area contributed by atoms with E-state index in [-0.39, 0.29) is 24.8 Å². The minimum atomic E-state index is 0. The standard InChI is InChI=1S/C14H21N3O.2ClH/c1-5-18-14-12(8-9-17(3)4)11(10-15)6-7-13(14)16-2;;/h6-7,16H,5,8-9H2,1-4H3;2*1H. The maximum Gasteiger partial charge on any atom is 0.146 e. The average molecular weight is 320 g/mol. The molecule has 114 valence electrons. The summed E-state index contributed by atoms with van der Waals surface area (Å²) in [4.78, 5) is 2.10. The van der Waals surface area contributed by atoms with E-state index < -0.39 is 0 Å². The van der Waals surface area contributed by atoms with E-state index in [1.807, 2.05) is 40.2 Å². The van der Waals surface area contributed by atoms with E-state index >= 15 is 0 Å². The van der Waals surface area contributed by atoms with Gasteiger partial charge in [0.25, 0.3) is 0 Å². The van der Waals surface area contributed by atoms with Gasteiger partial charge in [0.1, 0.15) is 5.75 Å². The average Bonchev–Trinajstić information content (AvgIpc) is 2.36. The second-order valence-electron chi connectivity index (χ2n) is 4.32. The molecule has 0 atom stereocenters. The van der Waals surface area contributed by atoms with Gasteiger partial charge in [0.15, 0.2) is 0 Å². The summed E-state index contributed by atoms with van der Waals surface area (Å²) in [6.07, 6.45) is 0.806. The van der Waals surface area contributed by atoms with Crippen LogP contribution in [0, 0.1) is 11.3 Å². The summed E-state index contributed by atoms with van der Waals surface area (Å²) >= 11 is 0. The molecular weight excluding hydrogens is 297 g/mol. The number of hydrogen-bond acceptors (Lipinski definition) is 4. The van der Waals surface area contributed by atoms with E-state index in [1.165, 1.54) is 0 Å². The highest BCUT2D eigenvalue weighted by Gasteiger charge is 2.14. The third kappa shape index (κ3) is 5.46. The van der Waals surface area contributed by atoms with E-state index in [9.17, 15) is 5.26 Å². The molecule has 0 aliphatic heterocycles. The molecule has 6 heteroatoms. The molecule has 0 saturated carbocycles. The Morgan fingerprint density at radius 3 is 2.40 bits per heavy atom. The number of hydrogen-bond donors (Lipinski definition) is 1. The molecule has 1 aromatic carbocycles. The lowest BCUT2D eigenvalue weighted by Crippen LogP contribution is -2.16. The molecule has 1 N–H and O–H groups in total. The molecule has 0 aliphatic carbocycles. The fourth-order valence-electron chi connectivity index (χ4n) is 1.82. The second-order valence-corrected chi connectivity index (χ2v) is 4.32. The third-order valence-electron chi connectivity index (χ3n) is 2.75. The zero-order valence-electron chi connectivity index (χ0n) is 12.4. The molecule has 1 aromatic rings. The minimum Gasteiger partial charge on any atom is -0.491 e. The van der Waals surface area contributed by atoms with Crippen molar-refractivity contribution in [3.05, 3.63) is 23.3 Å². The first-order valence-electron chi connectivity index (χ1n) is 6.15. The molecule has 0 bridgehead atoms. The van der Waals surface area contributed by atoms with Crippen LogP contribution in [0.15, 0.2) is 12.1 Å². The molecule has 0 fully saturated rings. The molecule has 0 aromatic heterocycles. The number of benzene rings is 1. The molecule has 0 amide bonds. The Morgan fingerprint density at radius 1 is 1.30 bits per heavy atom. The first kappa shape index (κ1) is 21.2. The van der Waals surface area contributed by atoms with Crippen molar-refractivity contribution in [1.29, 1.82) is 5.26 Å². The van der Waals surface area contributed by atoms with Crippen molar-refractivity contribution >= 4 is 30.5 Å². The Morgan fingerprint density at radius 2 is 1.95 bits per heavy atom. The van der Waals surface area contributed by atoms with Crippen molar-refractivity contribution in [2.75, 3.05) is 39.6 Å². The highest BCUT2D eigenvalue weighted by Crippen LogP contribution is 2.32. The van der Waals surface area contributed by atoms with Crippen LogP contribution in [0.2, 0.25) is 0 Å². The number of nitrogens with one attached hydrogen (secondary N) is 1. The van der Waals surface area contributed by atoms with Crippen LogP contribution >= 0.6 is 24.8 Å². The summed E-state index contributed by atoms with van der Waals surface area (Å²) < 4.78 is 5.70. The predicted octanol–water partition coefficient (Wildman–Crippen LogP) is 2.95. The molecule has 1 rings (SSSR count). The quantitative estimate of drug-likeness (QED) is 0.875. The molecule has 0 aliphatic rings. The normalized spacial score (nSPS) is 9.20. The maximum absolute atomic E-state index is 9.20. The number of rotatable bonds is 6. The van der Waals surface area contributed by atoms with Gasteiger partial charge in [-0.25, -0.2) is 0 Å². The summed E-state index contributed by atoms with van der Waals surface area (Å²) in [5.74, 6) is 0.806. The molecule has 0 radical (unpaired) electrons. The number of anilines is 1. The van der Waals surface area contributed by atoms with Crippen LogP contribution in [0.1, 0.15) is 18.1 Å². The second kappa shape index (κ2) is 10.6. The number of ether oxygens (including phenoxy) is 1. The van der Waals surface area contributed by atoms with Gasteiger partial charge in [-0.05, 0) is 39.6 Å². The summed E-state index contributed by atoms with van der Waals surface area (Å²) in [5, 5.41) is 12.3. The van der Waals surface area contributed by atoms with Crippen molar-refractivity contribution in [2.45, 2.75) is 13.3 Å². The first-order chi connectivity index (χ1) is 8.63. The van der Waals surface area contributed by atoms with E-state index in [4.69, 9.17) is 4.74 Å². The monoisotopic (exact) mass is 319 g/mol. The van der Waals surface area contributed by atoms with E-state index in [1.54, 1.807) is 0 Å². The molecule has 0 heterocycles. The van der Waals surface area contributed by atoms with Crippen LogP contribution in [0.3, 0.4) is 0 Å².